The molecule has 6 nitrogen and oxygen atoms in total. The molecule has 6 heteroatoms. The summed E-state index contributed by atoms with van der Waals surface area (Å²) in [6.45, 7) is 12.4. The molecule has 0 unspecified atom stereocenters. The van der Waals surface area contributed by atoms with Crippen molar-refractivity contribution >= 4 is 11.9 Å². The van der Waals surface area contributed by atoms with Gasteiger partial charge < -0.3 is 20.1 Å². The van der Waals surface area contributed by atoms with Gasteiger partial charge in [0, 0.05) is 25.2 Å². The molecule has 204 valence electrons. The molecule has 11 atom stereocenters. The normalized spacial score (nSPS) is 43.6. The number of fused-ring (bicyclic) bond motifs is 5. The van der Waals surface area contributed by atoms with E-state index >= 15 is 0 Å². The van der Waals surface area contributed by atoms with E-state index in [1.54, 1.807) is 0 Å². The van der Waals surface area contributed by atoms with Gasteiger partial charge in [0.1, 0.15) is 6.10 Å². The van der Waals surface area contributed by atoms with E-state index in [0.717, 1.165) is 37.7 Å². The Balaban J connectivity index is 1.62. The summed E-state index contributed by atoms with van der Waals surface area (Å²) in [4.78, 5) is 24.6. The van der Waals surface area contributed by atoms with Crippen molar-refractivity contribution in [3.05, 3.63) is 11.6 Å². The van der Waals surface area contributed by atoms with Gasteiger partial charge in [-0.15, -0.1) is 0 Å². The molecule has 36 heavy (non-hydrogen) atoms. The molecular weight excluding hydrogens is 456 g/mol. The number of carboxylic acid groups (broad SMARTS) is 1. The zero-order valence-electron chi connectivity index (χ0n) is 23.1. The molecule has 0 amide bonds. The molecule has 3 saturated carbocycles. The highest BCUT2D eigenvalue weighted by Gasteiger charge is 2.68. The van der Waals surface area contributed by atoms with Crippen LogP contribution >= 0.6 is 0 Å². The Morgan fingerprint density at radius 3 is 2.44 bits per heavy atom. The van der Waals surface area contributed by atoms with Crippen molar-refractivity contribution in [2.45, 2.75) is 111 Å². The third-order valence-electron chi connectivity index (χ3n) is 11.3. The maximum absolute atomic E-state index is 13.1. The predicted molar refractivity (Wildman–Crippen MR) is 138 cm³/mol. The first-order valence-electron chi connectivity index (χ1n) is 14.3. The first kappa shape index (κ1) is 27.6. The summed E-state index contributed by atoms with van der Waals surface area (Å²) < 4.78 is 5.45. The van der Waals surface area contributed by atoms with E-state index in [9.17, 15) is 24.9 Å². The van der Waals surface area contributed by atoms with Gasteiger partial charge in [0.2, 0.25) is 0 Å². The lowest BCUT2D eigenvalue weighted by Crippen LogP contribution is -2.62. The molecule has 0 radical (unpaired) electrons. The molecule has 4 aliphatic carbocycles. The zero-order chi connectivity index (χ0) is 26.6. The number of hydrogen-bond donors (Lipinski definition) is 3. The highest BCUT2D eigenvalue weighted by Crippen LogP contribution is 2.67. The Labute approximate surface area is 216 Å². The molecule has 3 N–H and O–H groups in total. The molecule has 0 aliphatic heterocycles. The number of carbonyl (C=O) groups excluding carboxylic acids is 1. The number of aliphatic hydroxyl groups excluding tert-OH is 2. The fourth-order valence-corrected chi connectivity index (χ4v) is 9.07. The SMILES string of the molecule is CC(=O)O[C@@H]1CC2=CC[C@@H]3[C@H]([C@H](O)C[C@]4(C(=O)O)[C@@H]([C@H](C)CC[C@H](C)C(C)C)CC[C@@H]34)[C@@]2(C)[C@@H](O)C1. The Hall–Kier alpha value is -1.40. The van der Waals surface area contributed by atoms with Crippen LogP contribution in [0, 0.1) is 52.3 Å². The van der Waals surface area contributed by atoms with Crippen molar-refractivity contribution in [1.29, 1.82) is 0 Å². The number of carbonyl (C=O) groups is 2. The highest BCUT2D eigenvalue weighted by atomic mass is 16.5. The fraction of sp³-hybridized carbons (Fsp3) is 0.867. The Morgan fingerprint density at radius 1 is 1.14 bits per heavy atom. The van der Waals surface area contributed by atoms with Crippen LogP contribution in [0.5, 0.6) is 0 Å². The van der Waals surface area contributed by atoms with Crippen LogP contribution in [0.2, 0.25) is 0 Å². The summed E-state index contributed by atoms with van der Waals surface area (Å²) in [6.07, 6.45) is 6.12. The van der Waals surface area contributed by atoms with Crippen molar-refractivity contribution in [3.8, 4) is 0 Å². The highest BCUT2D eigenvalue weighted by molar-refractivity contribution is 5.76. The van der Waals surface area contributed by atoms with Crippen molar-refractivity contribution in [3.63, 3.8) is 0 Å². The summed E-state index contributed by atoms with van der Waals surface area (Å²) in [5.74, 6) is 0.361. The van der Waals surface area contributed by atoms with Crippen molar-refractivity contribution in [2.24, 2.45) is 52.3 Å². The van der Waals surface area contributed by atoms with Gasteiger partial charge >= 0.3 is 11.9 Å². The van der Waals surface area contributed by atoms with Crippen molar-refractivity contribution in [2.75, 3.05) is 0 Å². The van der Waals surface area contributed by atoms with Gasteiger partial charge in [-0.05, 0) is 67.1 Å². The van der Waals surface area contributed by atoms with Crippen LogP contribution in [0.15, 0.2) is 11.6 Å². The maximum Gasteiger partial charge on any atom is 0.310 e. The van der Waals surface area contributed by atoms with E-state index in [4.69, 9.17) is 4.74 Å². The quantitative estimate of drug-likeness (QED) is 0.325. The summed E-state index contributed by atoms with van der Waals surface area (Å²) >= 11 is 0. The van der Waals surface area contributed by atoms with Gasteiger partial charge in [-0.25, -0.2) is 0 Å². The van der Waals surface area contributed by atoms with Gasteiger partial charge in [-0.1, -0.05) is 59.1 Å². The van der Waals surface area contributed by atoms with Crippen LogP contribution in [-0.4, -0.2) is 45.6 Å². The van der Waals surface area contributed by atoms with Crippen LogP contribution in [0.4, 0.5) is 0 Å². The predicted octanol–water partition coefficient (Wildman–Crippen LogP) is 5.21. The maximum atomic E-state index is 13.1. The number of aliphatic carboxylic acids is 1. The molecule has 3 fully saturated rings. The first-order chi connectivity index (χ1) is 16.8. The van der Waals surface area contributed by atoms with Gasteiger partial charge in [0.25, 0.3) is 0 Å². The topological polar surface area (TPSA) is 104 Å². The molecule has 0 bridgehead atoms. The Kier molecular flexibility index (Phi) is 7.72. The lowest BCUT2D eigenvalue weighted by Gasteiger charge is -2.60. The molecule has 4 aliphatic rings. The van der Waals surface area contributed by atoms with E-state index in [-0.39, 0.29) is 42.2 Å². The second-order valence-corrected chi connectivity index (χ2v) is 13.3. The monoisotopic (exact) mass is 504 g/mol. The van der Waals surface area contributed by atoms with E-state index < -0.39 is 29.0 Å². The van der Waals surface area contributed by atoms with E-state index in [0.29, 0.717) is 30.6 Å². The summed E-state index contributed by atoms with van der Waals surface area (Å²) in [5, 5.41) is 33.8. The molecule has 0 heterocycles. The Morgan fingerprint density at radius 2 is 1.83 bits per heavy atom. The van der Waals surface area contributed by atoms with Crippen LogP contribution in [-0.2, 0) is 14.3 Å². The lowest BCUT2D eigenvalue weighted by molar-refractivity contribution is -0.189. The number of aliphatic hydroxyl groups is 2. The third kappa shape index (κ3) is 4.34. The van der Waals surface area contributed by atoms with Gasteiger partial charge in [-0.2, -0.15) is 0 Å². The molecule has 4 rings (SSSR count). The first-order valence-corrected chi connectivity index (χ1v) is 14.3. The van der Waals surface area contributed by atoms with Gasteiger partial charge in [0.15, 0.2) is 0 Å². The minimum absolute atomic E-state index is 0.00592. The average molecular weight is 505 g/mol. The fourth-order valence-electron chi connectivity index (χ4n) is 9.07. The Bertz CT molecular complexity index is 881. The summed E-state index contributed by atoms with van der Waals surface area (Å²) in [7, 11) is 0. The molecule has 0 aromatic carbocycles. The van der Waals surface area contributed by atoms with Crippen LogP contribution in [0.25, 0.3) is 0 Å². The standard InChI is InChI=1S/C30H48O6/c1-16(2)17(3)7-8-18(4)23-11-12-24-22-10-9-20-13-21(36-19(5)31)14-26(33)29(20,6)27(22)25(32)15-30(23,24)28(34)35/h9,16-18,21-27,32-33H,7-8,10-15H2,1-6H3,(H,34,35)/t17-,18+,21+,22-,23+,24-,25+,26-,27+,29+,30-/m0/s1. The molecular formula is C30H48O6. The average Bonchev–Trinajstić information content (AvgIpc) is 3.18. The third-order valence-corrected chi connectivity index (χ3v) is 11.3. The summed E-state index contributed by atoms with van der Waals surface area (Å²) in [5.41, 5.74) is -0.468. The molecule has 0 saturated heterocycles. The lowest BCUT2D eigenvalue weighted by atomic mass is 9.45. The largest absolute Gasteiger partial charge is 0.481 e. The summed E-state index contributed by atoms with van der Waals surface area (Å²) in [6, 6.07) is 0. The molecule has 0 aromatic heterocycles. The number of carboxylic acids is 1. The van der Waals surface area contributed by atoms with E-state index in [1.165, 1.54) is 6.92 Å². The second kappa shape index (κ2) is 10.1. The second-order valence-electron chi connectivity index (χ2n) is 13.3. The van der Waals surface area contributed by atoms with Crippen molar-refractivity contribution in [1.82, 2.24) is 0 Å². The minimum Gasteiger partial charge on any atom is -0.481 e. The number of esters is 1. The van der Waals surface area contributed by atoms with Crippen LogP contribution in [0.3, 0.4) is 0 Å². The van der Waals surface area contributed by atoms with Crippen molar-refractivity contribution < 1.29 is 29.6 Å². The smallest absolute Gasteiger partial charge is 0.310 e. The zero-order valence-corrected chi connectivity index (χ0v) is 23.1. The number of rotatable bonds is 7. The minimum atomic E-state index is -0.900. The van der Waals surface area contributed by atoms with Crippen LogP contribution in [0.1, 0.15) is 92.9 Å². The molecule has 0 spiro atoms. The van der Waals surface area contributed by atoms with E-state index in [1.807, 2.05) is 6.92 Å². The van der Waals surface area contributed by atoms with Gasteiger partial charge in [-0.3, -0.25) is 9.59 Å². The molecule has 0 aromatic rings. The van der Waals surface area contributed by atoms with Gasteiger partial charge in [0.05, 0.1) is 17.6 Å². The number of hydrogen-bond acceptors (Lipinski definition) is 5. The number of ether oxygens (including phenoxy) is 1. The number of allylic oxidation sites excluding steroid dienone is 1. The van der Waals surface area contributed by atoms with E-state index in [2.05, 4.69) is 33.8 Å². The van der Waals surface area contributed by atoms with Crippen LogP contribution < -0.4 is 0 Å².